The van der Waals surface area contributed by atoms with Gasteiger partial charge in [0.2, 0.25) is 5.91 Å². The zero-order chi connectivity index (χ0) is 17.3. The van der Waals surface area contributed by atoms with E-state index in [0.717, 1.165) is 6.07 Å². The molecule has 1 aliphatic heterocycles. The van der Waals surface area contributed by atoms with Crippen LogP contribution in [0, 0.1) is 0 Å². The molecule has 1 N–H and O–H groups in total. The summed E-state index contributed by atoms with van der Waals surface area (Å²) in [7, 11) is -4.61. The third kappa shape index (κ3) is 4.20. The summed E-state index contributed by atoms with van der Waals surface area (Å²) >= 11 is 0. The fourth-order valence-corrected chi connectivity index (χ4v) is 2.96. The van der Waals surface area contributed by atoms with Crippen LogP contribution in [0.1, 0.15) is 18.4 Å². The lowest BCUT2D eigenvalue weighted by Crippen LogP contribution is -2.33. The van der Waals surface area contributed by atoms with Crippen molar-refractivity contribution in [2.24, 2.45) is 0 Å². The first kappa shape index (κ1) is 17.7. The number of halogens is 4. The van der Waals surface area contributed by atoms with Crippen LogP contribution in [0.25, 0.3) is 0 Å². The van der Waals surface area contributed by atoms with E-state index in [1.54, 1.807) is 0 Å². The van der Waals surface area contributed by atoms with Crippen molar-refractivity contribution in [3.63, 3.8) is 0 Å². The fraction of sp³-hybridized carbons (Fsp3) is 0.462. The monoisotopic (exact) mass is 355 g/mol. The molecule has 5 nitrogen and oxygen atoms in total. The summed E-state index contributed by atoms with van der Waals surface area (Å²) in [5, 5.41) is 2.58. The standard InChI is InChI=1S/C13H13F4NO4S/c14-12(15)13(16,17)7-22-23(20,21)9-4-5-10-8(6-9)2-1-3-11(19)18-10/h4-6,12H,1-3,7H2,(H,18,19). The molecule has 0 aromatic heterocycles. The number of hydrogen-bond donors (Lipinski definition) is 1. The Labute approximate surface area is 129 Å². The number of carbonyl (C=O) groups excluding carboxylic acids is 1. The van der Waals surface area contributed by atoms with Gasteiger partial charge in [0, 0.05) is 12.1 Å². The van der Waals surface area contributed by atoms with Crippen molar-refractivity contribution in [3.8, 4) is 0 Å². The molecule has 0 aliphatic carbocycles. The summed E-state index contributed by atoms with van der Waals surface area (Å²) in [6, 6.07) is 3.54. The van der Waals surface area contributed by atoms with Gasteiger partial charge in [0.25, 0.3) is 10.1 Å². The molecule has 0 unspecified atom stereocenters. The maximum Gasteiger partial charge on any atom is 0.331 e. The van der Waals surface area contributed by atoms with Gasteiger partial charge in [-0.05, 0) is 36.6 Å². The van der Waals surface area contributed by atoms with Crippen LogP contribution in [0.4, 0.5) is 23.2 Å². The first-order chi connectivity index (χ1) is 10.6. The highest BCUT2D eigenvalue weighted by molar-refractivity contribution is 7.86. The second-order valence-electron chi connectivity index (χ2n) is 5.00. The molecule has 10 heteroatoms. The van der Waals surface area contributed by atoms with Crippen molar-refractivity contribution in [3.05, 3.63) is 23.8 Å². The number of alkyl halides is 4. The summed E-state index contributed by atoms with van der Waals surface area (Å²) in [6.45, 7) is -1.94. The second-order valence-corrected chi connectivity index (χ2v) is 6.61. The van der Waals surface area contributed by atoms with Crippen LogP contribution in [0.3, 0.4) is 0 Å². The lowest BCUT2D eigenvalue weighted by atomic mass is 10.1. The van der Waals surface area contributed by atoms with Gasteiger partial charge < -0.3 is 5.32 Å². The molecule has 1 aliphatic rings. The minimum atomic E-state index is -4.61. The summed E-state index contributed by atoms with van der Waals surface area (Å²) in [5.41, 5.74) is 0.922. The molecule has 0 saturated carbocycles. The van der Waals surface area contributed by atoms with Gasteiger partial charge in [-0.1, -0.05) is 0 Å². The average Bonchev–Trinajstić information content (AvgIpc) is 2.65. The van der Waals surface area contributed by atoms with E-state index in [4.69, 9.17) is 0 Å². The SMILES string of the molecule is O=C1CCCc2cc(S(=O)(=O)OCC(F)(F)C(F)F)ccc2N1. The molecule has 0 bridgehead atoms. The zero-order valence-corrected chi connectivity index (χ0v) is 12.5. The minimum absolute atomic E-state index is 0.216. The number of amides is 1. The predicted octanol–water partition coefficient (Wildman–Crippen LogP) is 2.57. The number of carbonyl (C=O) groups is 1. The molecular formula is C13H13F4NO4S. The Bertz CT molecular complexity index is 706. The van der Waals surface area contributed by atoms with Gasteiger partial charge >= 0.3 is 12.3 Å². The Balaban J connectivity index is 2.21. The van der Waals surface area contributed by atoms with Crippen LogP contribution >= 0.6 is 0 Å². The number of benzene rings is 1. The predicted molar refractivity (Wildman–Crippen MR) is 72.1 cm³/mol. The molecule has 1 heterocycles. The number of nitrogens with one attached hydrogen (secondary N) is 1. The van der Waals surface area contributed by atoms with Crippen molar-refractivity contribution >= 4 is 21.7 Å². The largest absolute Gasteiger partial charge is 0.331 e. The Morgan fingerprint density at radius 1 is 1.26 bits per heavy atom. The molecule has 1 amide bonds. The Morgan fingerprint density at radius 3 is 2.61 bits per heavy atom. The van der Waals surface area contributed by atoms with Crippen LogP contribution in [0.15, 0.2) is 23.1 Å². The van der Waals surface area contributed by atoms with Crippen LogP contribution in [-0.2, 0) is 25.5 Å². The molecule has 0 fully saturated rings. The third-order valence-electron chi connectivity index (χ3n) is 3.22. The van der Waals surface area contributed by atoms with Gasteiger partial charge in [0.1, 0.15) is 6.61 Å². The first-order valence-corrected chi connectivity index (χ1v) is 8.01. The number of hydrogen-bond acceptors (Lipinski definition) is 4. The van der Waals surface area contributed by atoms with E-state index in [0.29, 0.717) is 24.1 Å². The van der Waals surface area contributed by atoms with E-state index in [9.17, 15) is 30.8 Å². The van der Waals surface area contributed by atoms with E-state index >= 15 is 0 Å². The fourth-order valence-electron chi connectivity index (χ4n) is 1.99. The third-order valence-corrected chi connectivity index (χ3v) is 4.47. The van der Waals surface area contributed by atoms with Gasteiger partial charge in [-0.3, -0.25) is 8.98 Å². The van der Waals surface area contributed by atoms with E-state index < -0.39 is 34.0 Å². The number of fused-ring (bicyclic) bond motifs is 1. The van der Waals surface area contributed by atoms with Gasteiger partial charge in [0.15, 0.2) is 0 Å². The molecule has 23 heavy (non-hydrogen) atoms. The van der Waals surface area contributed by atoms with Gasteiger partial charge in [-0.2, -0.15) is 17.2 Å². The number of aryl methyl sites for hydroxylation is 1. The van der Waals surface area contributed by atoms with Crippen LogP contribution in [0.5, 0.6) is 0 Å². The molecule has 1 aromatic rings. The topological polar surface area (TPSA) is 72.5 Å². The molecule has 0 atom stereocenters. The zero-order valence-electron chi connectivity index (χ0n) is 11.7. The second kappa shape index (κ2) is 6.44. The first-order valence-electron chi connectivity index (χ1n) is 6.60. The van der Waals surface area contributed by atoms with Crippen molar-refractivity contribution in [2.45, 2.75) is 36.5 Å². The Hall–Kier alpha value is -1.68. The average molecular weight is 355 g/mol. The van der Waals surface area contributed by atoms with Crippen molar-refractivity contribution in [1.82, 2.24) is 0 Å². The van der Waals surface area contributed by atoms with Crippen LogP contribution in [0.2, 0.25) is 0 Å². The van der Waals surface area contributed by atoms with Crippen LogP contribution < -0.4 is 5.32 Å². The van der Waals surface area contributed by atoms with E-state index in [1.165, 1.54) is 12.1 Å². The summed E-state index contributed by atoms with van der Waals surface area (Å²) in [5.74, 6) is -4.78. The van der Waals surface area contributed by atoms with Gasteiger partial charge in [-0.25, -0.2) is 8.78 Å². The summed E-state index contributed by atoms with van der Waals surface area (Å²) in [6.07, 6.45) is -2.86. The highest BCUT2D eigenvalue weighted by atomic mass is 32.2. The Kier molecular flexibility index (Phi) is 4.95. The molecule has 128 valence electrons. The highest BCUT2D eigenvalue weighted by Crippen LogP contribution is 2.28. The van der Waals surface area contributed by atoms with Crippen LogP contribution in [-0.4, -0.2) is 33.3 Å². The highest BCUT2D eigenvalue weighted by Gasteiger charge is 2.42. The molecule has 1 aromatic carbocycles. The maximum atomic E-state index is 12.8. The molecule has 0 spiro atoms. The van der Waals surface area contributed by atoms with Crippen molar-refractivity contribution < 1.29 is 35.0 Å². The van der Waals surface area contributed by atoms with Gasteiger partial charge in [-0.15, -0.1) is 0 Å². The van der Waals surface area contributed by atoms with E-state index in [2.05, 4.69) is 9.50 Å². The normalized spacial score (nSPS) is 16.0. The quantitative estimate of drug-likeness (QED) is 0.651. The lowest BCUT2D eigenvalue weighted by Gasteiger charge is -2.15. The molecular weight excluding hydrogens is 342 g/mol. The Morgan fingerprint density at radius 2 is 1.96 bits per heavy atom. The lowest BCUT2D eigenvalue weighted by molar-refractivity contribution is -0.147. The van der Waals surface area contributed by atoms with Crippen molar-refractivity contribution in [1.29, 1.82) is 0 Å². The number of rotatable bonds is 5. The van der Waals surface area contributed by atoms with Crippen molar-refractivity contribution in [2.75, 3.05) is 11.9 Å². The summed E-state index contributed by atoms with van der Waals surface area (Å²) in [4.78, 5) is 11.0. The molecule has 0 radical (unpaired) electrons. The smallest absolute Gasteiger partial charge is 0.326 e. The van der Waals surface area contributed by atoms with Gasteiger partial charge in [0.05, 0.1) is 4.90 Å². The molecule has 0 saturated heterocycles. The summed E-state index contributed by atoms with van der Waals surface area (Å²) < 4.78 is 77.4. The maximum absolute atomic E-state index is 12.8. The van der Waals surface area contributed by atoms with E-state index in [-0.39, 0.29) is 12.3 Å². The minimum Gasteiger partial charge on any atom is -0.326 e. The van der Waals surface area contributed by atoms with E-state index in [1.807, 2.05) is 0 Å². The number of anilines is 1. The molecule has 2 rings (SSSR count).